The Kier molecular flexibility index (Phi) is 12.7. The van der Waals surface area contributed by atoms with Crippen molar-refractivity contribution >= 4 is 36.4 Å². The van der Waals surface area contributed by atoms with Crippen molar-refractivity contribution in [2.24, 2.45) is 5.41 Å². The largest absolute Gasteiger partial charge is 0.384 e. The van der Waals surface area contributed by atoms with Crippen LogP contribution in [0.3, 0.4) is 0 Å². The van der Waals surface area contributed by atoms with Crippen molar-refractivity contribution in [3.05, 3.63) is 30.3 Å². The van der Waals surface area contributed by atoms with Crippen LogP contribution in [-0.4, -0.2) is 52.9 Å². The third-order valence-corrected chi connectivity index (χ3v) is 4.87. The van der Waals surface area contributed by atoms with E-state index >= 15 is 0 Å². The molecule has 2 N–H and O–H groups in total. The van der Waals surface area contributed by atoms with Gasteiger partial charge in [-0.1, -0.05) is 18.2 Å². The number of carbonyl (C=O) groups is 1. The molecule has 0 atom stereocenters. The quantitative estimate of drug-likeness (QED) is 0.620. The third-order valence-electron chi connectivity index (χ3n) is 4.87. The number of unbranched alkanes of at least 4 members (excludes halogenated alkanes) is 1. The molecular formula is C19H33Cl2N3O2. The van der Waals surface area contributed by atoms with Gasteiger partial charge >= 0.3 is 0 Å². The minimum absolute atomic E-state index is 0. The molecule has 150 valence electrons. The average molecular weight is 406 g/mol. The molecule has 1 aromatic rings. The number of para-hydroxylation sites is 1. The van der Waals surface area contributed by atoms with Gasteiger partial charge in [0.15, 0.2) is 0 Å². The van der Waals surface area contributed by atoms with Crippen LogP contribution in [0.15, 0.2) is 30.3 Å². The fourth-order valence-corrected chi connectivity index (χ4v) is 3.29. The fraction of sp³-hybridized carbons (Fsp3) is 0.632. The standard InChI is InChI=1S/C19H31N3O2.2ClH/c1-22(17-8-4-3-5-9-17)15-7-6-12-21-18(23)19(16-24-2)10-13-20-14-11-19;;/h3-5,8-9,20H,6-7,10-16H2,1-2H3,(H,21,23);2*1H. The van der Waals surface area contributed by atoms with Gasteiger partial charge in [-0.25, -0.2) is 0 Å². The van der Waals surface area contributed by atoms with Crippen molar-refractivity contribution in [1.82, 2.24) is 10.6 Å². The van der Waals surface area contributed by atoms with Crippen molar-refractivity contribution in [2.75, 3.05) is 51.8 Å². The van der Waals surface area contributed by atoms with Gasteiger partial charge in [0.1, 0.15) is 0 Å². The van der Waals surface area contributed by atoms with Crippen molar-refractivity contribution in [2.45, 2.75) is 25.7 Å². The maximum absolute atomic E-state index is 12.6. The SMILES string of the molecule is COCC1(C(=O)NCCCCN(C)c2ccccc2)CCNCC1.Cl.Cl. The molecule has 0 spiro atoms. The molecule has 26 heavy (non-hydrogen) atoms. The molecule has 0 bridgehead atoms. The van der Waals surface area contributed by atoms with E-state index in [9.17, 15) is 4.79 Å². The number of amides is 1. The van der Waals surface area contributed by atoms with E-state index in [0.29, 0.717) is 6.61 Å². The van der Waals surface area contributed by atoms with Crippen LogP contribution in [0.5, 0.6) is 0 Å². The molecule has 1 amide bonds. The lowest BCUT2D eigenvalue weighted by molar-refractivity contribution is -0.136. The predicted octanol–water partition coefficient (Wildman–Crippen LogP) is 2.88. The van der Waals surface area contributed by atoms with Crippen LogP contribution in [0.1, 0.15) is 25.7 Å². The maximum Gasteiger partial charge on any atom is 0.228 e. The smallest absolute Gasteiger partial charge is 0.228 e. The van der Waals surface area contributed by atoms with E-state index in [1.165, 1.54) is 5.69 Å². The number of ether oxygens (including phenoxy) is 1. The summed E-state index contributed by atoms with van der Waals surface area (Å²) in [4.78, 5) is 14.9. The van der Waals surface area contributed by atoms with Crippen molar-refractivity contribution in [1.29, 1.82) is 0 Å². The van der Waals surface area contributed by atoms with Crippen LogP contribution in [-0.2, 0) is 9.53 Å². The van der Waals surface area contributed by atoms with Gasteiger partial charge < -0.3 is 20.3 Å². The molecule has 0 saturated carbocycles. The minimum Gasteiger partial charge on any atom is -0.384 e. The number of nitrogens with zero attached hydrogens (tertiary/aromatic N) is 1. The first-order valence-corrected chi connectivity index (χ1v) is 8.92. The van der Waals surface area contributed by atoms with Gasteiger partial charge in [-0.2, -0.15) is 0 Å². The normalized spacial score (nSPS) is 15.3. The fourth-order valence-electron chi connectivity index (χ4n) is 3.29. The summed E-state index contributed by atoms with van der Waals surface area (Å²) in [6, 6.07) is 10.4. The summed E-state index contributed by atoms with van der Waals surface area (Å²) in [7, 11) is 3.78. The molecule has 7 heteroatoms. The Labute approximate surface area is 170 Å². The zero-order chi connectivity index (χ0) is 17.3. The predicted molar refractivity (Wildman–Crippen MR) is 113 cm³/mol. The minimum atomic E-state index is -0.346. The van der Waals surface area contributed by atoms with Gasteiger partial charge in [-0.15, -0.1) is 24.8 Å². The number of hydrogen-bond donors (Lipinski definition) is 2. The number of halogens is 2. The van der Waals surface area contributed by atoms with Gasteiger partial charge in [0.05, 0.1) is 12.0 Å². The monoisotopic (exact) mass is 405 g/mol. The first-order valence-electron chi connectivity index (χ1n) is 8.92. The van der Waals surface area contributed by atoms with Gasteiger partial charge in [-0.3, -0.25) is 4.79 Å². The lowest BCUT2D eigenvalue weighted by Crippen LogP contribution is -2.50. The number of carbonyl (C=O) groups excluding carboxylic acids is 1. The summed E-state index contributed by atoms with van der Waals surface area (Å²) in [5.74, 6) is 0.155. The topological polar surface area (TPSA) is 53.6 Å². The second-order valence-corrected chi connectivity index (χ2v) is 6.68. The molecule has 0 aliphatic carbocycles. The molecular weight excluding hydrogens is 373 g/mol. The van der Waals surface area contributed by atoms with Gasteiger partial charge in [0, 0.05) is 32.9 Å². The lowest BCUT2D eigenvalue weighted by Gasteiger charge is -2.35. The number of hydrogen-bond acceptors (Lipinski definition) is 4. The molecule has 0 radical (unpaired) electrons. The van der Waals surface area contributed by atoms with Crippen molar-refractivity contribution in [3.8, 4) is 0 Å². The number of piperidine rings is 1. The second-order valence-electron chi connectivity index (χ2n) is 6.68. The van der Waals surface area contributed by atoms with Crippen LogP contribution in [0.2, 0.25) is 0 Å². The van der Waals surface area contributed by atoms with Crippen LogP contribution in [0.4, 0.5) is 5.69 Å². The summed E-state index contributed by atoms with van der Waals surface area (Å²) in [6.45, 7) is 4.02. The molecule has 0 unspecified atom stereocenters. The second kappa shape index (κ2) is 13.2. The van der Waals surface area contributed by atoms with E-state index in [4.69, 9.17) is 4.74 Å². The molecule has 1 fully saturated rings. The Bertz CT molecular complexity index is 491. The Morgan fingerprint density at radius 2 is 1.85 bits per heavy atom. The Morgan fingerprint density at radius 3 is 2.46 bits per heavy atom. The highest BCUT2D eigenvalue weighted by Gasteiger charge is 2.39. The highest BCUT2D eigenvalue weighted by molar-refractivity contribution is 5.85. The van der Waals surface area contributed by atoms with E-state index < -0.39 is 0 Å². The summed E-state index contributed by atoms with van der Waals surface area (Å²) >= 11 is 0. The number of anilines is 1. The zero-order valence-corrected chi connectivity index (χ0v) is 17.5. The maximum atomic E-state index is 12.6. The summed E-state index contributed by atoms with van der Waals surface area (Å²) in [5, 5.41) is 6.44. The van der Waals surface area contributed by atoms with Crippen LogP contribution >= 0.6 is 24.8 Å². The number of nitrogens with one attached hydrogen (secondary N) is 2. The van der Waals surface area contributed by atoms with E-state index in [2.05, 4.69) is 46.8 Å². The lowest BCUT2D eigenvalue weighted by atomic mass is 9.78. The molecule has 1 aromatic carbocycles. The van der Waals surface area contributed by atoms with Crippen LogP contribution in [0, 0.1) is 5.41 Å². The van der Waals surface area contributed by atoms with Gasteiger partial charge in [0.25, 0.3) is 0 Å². The Hall–Kier alpha value is -1.01. The first-order chi connectivity index (χ1) is 11.7. The molecule has 5 nitrogen and oxygen atoms in total. The van der Waals surface area contributed by atoms with Crippen molar-refractivity contribution in [3.63, 3.8) is 0 Å². The van der Waals surface area contributed by atoms with E-state index in [1.54, 1.807) is 7.11 Å². The third kappa shape index (κ3) is 7.31. The van der Waals surface area contributed by atoms with Gasteiger partial charge in [0.2, 0.25) is 5.91 Å². The highest BCUT2D eigenvalue weighted by Crippen LogP contribution is 2.29. The molecule has 1 saturated heterocycles. The summed E-state index contributed by atoms with van der Waals surface area (Å²) < 4.78 is 5.32. The van der Waals surface area contributed by atoms with Crippen molar-refractivity contribution < 1.29 is 9.53 Å². The average Bonchev–Trinajstić information content (AvgIpc) is 2.63. The highest BCUT2D eigenvalue weighted by atomic mass is 35.5. The van der Waals surface area contributed by atoms with Crippen LogP contribution in [0.25, 0.3) is 0 Å². The Morgan fingerprint density at radius 1 is 1.19 bits per heavy atom. The molecule has 0 aromatic heterocycles. The van der Waals surface area contributed by atoms with E-state index in [-0.39, 0.29) is 36.1 Å². The zero-order valence-electron chi connectivity index (χ0n) is 15.8. The summed E-state index contributed by atoms with van der Waals surface area (Å²) in [6.07, 6.45) is 3.75. The molecule has 1 heterocycles. The molecule has 1 aliphatic heterocycles. The molecule has 1 aliphatic rings. The summed E-state index contributed by atoms with van der Waals surface area (Å²) in [5.41, 5.74) is 0.885. The van der Waals surface area contributed by atoms with Crippen LogP contribution < -0.4 is 15.5 Å². The van der Waals surface area contributed by atoms with E-state index in [1.807, 2.05) is 6.07 Å². The Balaban J connectivity index is 0.00000312. The number of benzene rings is 1. The number of methoxy groups -OCH3 is 1. The number of rotatable bonds is 9. The van der Waals surface area contributed by atoms with Gasteiger partial charge in [-0.05, 0) is 50.9 Å². The molecule has 2 rings (SSSR count). The first kappa shape index (κ1) is 25.0. The van der Waals surface area contributed by atoms with E-state index in [0.717, 1.165) is 51.9 Å².